The van der Waals surface area contributed by atoms with E-state index in [0.717, 1.165) is 50.4 Å². The summed E-state index contributed by atoms with van der Waals surface area (Å²) in [6, 6.07) is 11.9. The lowest BCUT2D eigenvalue weighted by Gasteiger charge is -2.34. The number of rotatable bonds is 9. The van der Waals surface area contributed by atoms with Gasteiger partial charge in [-0.25, -0.2) is 0 Å². The fourth-order valence-corrected chi connectivity index (χ4v) is 3.91. The monoisotopic (exact) mass is 427 g/mol. The zero-order valence-electron chi connectivity index (χ0n) is 18.9. The van der Waals surface area contributed by atoms with Crippen LogP contribution in [0.4, 0.5) is 5.69 Å². The molecule has 31 heavy (non-hydrogen) atoms. The summed E-state index contributed by atoms with van der Waals surface area (Å²) in [5.74, 6) is 2.01. The fraction of sp³-hybridized carbons (Fsp3) is 0.458. The van der Waals surface area contributed by atoms with Crippen LogP contribution < -0.4 is 19.5 Å². The van der Waals surface area contributed by atoms with Gasteiger partial charge in [-0.15, -0.1) is 0 Å². The minimum atomic E-state index is 0.0308. The predicted molar refractivity (Wildman–Crippen MR) is 122 cm³/mol. The van der Waals surface area contributed by atoms with E-state index in [-0.39, 0.29) is 5.91 Å². The zero-order valence-corrected chi connectivity index (χ0v) is 18.9. The van der Waals surface area contributed by atoms with Gasteiger partial charge in [-0.1, -0.05) is 25.1 Å². The topological polar surface area (TPSA) is 63.3 Å². The van der Waals surface area contributed by atoms with Crippen molar-refractivity contribution in [2.75, 3.05) is 59.4 Å². The van der Waals surface area contributed by atoms with E-state index < -0.39 is 0 Å². The number of amides is 1. The second kappa shape index (κ2) is 11.0. The number of nitrogens with zero attached hydrogens (tertiary/aromatic N) is 2. The molecular formula is C24H33N3O4. The van der Waals surface area contributed by atoms with E-state index in [0.29, 0.717) is 23.8 Å². The molecule has 2 aromatic rings. The van der Waals surface area contributed by atoms with Gasteiger partial charge >= 0.3 is 0 Å². The Kier molecular flexibility index (Phi) is 8.14. The molecule has 1 amide bonds. The summed E-state index contributed by atoms with van der Waals surface area (Å²) in [6.45, 7) is 6.73. The Morgan fingerprint density at radius 2 is 1.65 bits per heavy atom. The molecule has 7 nitrogen and oxygen atoms in total. The highest BCUT2D eigenvalue weighted by Gasteiger charge is 2.22. The number of benzene rings is 2. The molecule has 0 spiro atoms. The highest BCUT2D eigenvalue weighted by molar-refractivity contribution is 5.92. The van der Waals surface area contributed by atoms with E-state index in [4.69, 9.17) is 14.2 Å². The minimum absolute atomic E-state index is 0.0308. The highest BCUT2D eigenvalue weighted by atomic mass is 16.5. The summed E-state index contributed by atoms with van der Waals surface area (Å²) in [6.07, 6.45) is 0.955. The third-order valence-electron chi connectivity index (χ3n) is 5.63. The van der Waals surface area contributed by atoms with Crippen molar-refractivity contribution in [2.24, 2.45) is 0 Å². The van der Waals surface area contributed by atoms with Crippen LogP contribution in [0.3, 0.4) is 0 Å². The molecule has 1 saturated heterocycles. The van der Waals surface area contributed by atoms with Gasteiger partial charge in [0.2, 0.25) is 11.7 Å². The van der Waals surface area contributed by atoms with Crippen LogP contribution in [0.2, 0.25) is 0 Å². The lowest BCUT2D eigenvalue weighted by atomic mass is 10.1. The predicted octanol–water partition coefficient (Wildman–Crippen LogP) is 3.03. The quantitative estimate of drug-likeness (QED) is 0.664. The summed E-state index contributed by atoms with van der Waals surface area (Å²) in [4.78, 5) is 17.0. The van der Waals surface area contributed by atoms with Crippen molar-refractivity contribution in [1.82, 2.24) is 9.80 Å². The van der Waals surface area contributed by atoms with Crippen LogP contribution in [-0.4, -0.2) is 69.8 Å². The van der Waals surface area contributed by atoms with Gasteiger partial charge in [-0.05, 0) is 30.2 Å². The molecule has 0 aromatic heterocycles. The number of methoxy groups -OCH3 is 3. The average Bonchev–Trinajstić information content (AvgIpc) is 2.79. The minimum Gasteiger partial charge on any atom is -0.493 e. The largest absolute Gasteiger partial charge is 0.493 e. The molecule has 1 N–H and O–H groups in total. The van der Waals surface area contributed by atoms with Crippen molar-refractivity contribution in [3.05, 3.63) is 47.5 Å². The van der Waals surface area contributed by atoms with E-state index >= 15 is 0 Å². The summed E-state index contributed by atoms with van der Waals surface area (Å²) in [7, 11) is 4.88. The van der Waals surface area contributed by atoms with Crippen molar-refractivity contribution >= 4 is 11.6 Å². The first-order valence-corrected chi connectivity index (χ1v) is 10.7. The van der Waals surface area contributed by atoms with Crippen LogP contribution >= 0.6 is 0 Å². The second-order valence-electron chi connectivity index (χ2n) is 7.65. The number of piperazine rings is 1. The number of hydrogen-bond donors (Lipinski definition) is 1. The number of aryl methyl sites for hydroxylation is 1. The highest BCUT2D eigenvalue weighted by Crippen LogP contribution is 2.40. The molecule has 3 rings (SSSR count). The van der Waals surface area contributed by atoms with E-state index in [1.807, 2.05) is 30.3 Å². The van der Waals surface area contributed by atoms with Crippen LogP contribution in [0.15, 0.2) is 36.4 Å². The van der Waals surface area contributed by atoms with Crippen molar-refractivity contribution in [3.8, 4) is 17.2 Å². The van der Waals surface area contributed by atoms with E-state index in [1.165, 1.54) is 5.56 Å². The Morgan fingerprint density at radius 1 is 0.935 bits per heavy atom. The van der Waals surface area contributed by atoms with E-state index in [9.17, 15) is 4.79 Å². The molecule has 0 radical (unpaired) electrons. The van der Waals surface area contributed by atoms with Crippen LogP contribution in [0.5, 0.6) is 17.2 Å². The second-order valence-corrected chi connectivity index (χ2v) is 7.65. The SMILES string of the molecule is CCc1cccc(NC(=O)CN2CCN(Cc3ccc(OC)c(OC)c3OC)CC2)c1. The van der Waals surface area contributed by atoms with Gasteiger partial charge < -0.3 is 19.5 Å². The lowest BCUT2D eigenvalue weighted by Crippen LogP contribution is -2.48. The zero-order chi connectivity index (χ0) is 22.2. The van der Waals surface area contributed by atoms with Gasteiger partial charge in [0.1, 0.15) is 0 Å². The van der Waals surface area contributed by atoms with Crippen molar-refractivity contribution < 1.29 is 19.0 Å². The van der Waals surface area contributed by atoms with Gasteiger partial charge in [0.25, 0.3) is 0 Å². The summed E-state index contributed by atoms with van der Waals surface area (Å²) >= 11 is 0. The van der Waals surface area contributed by atoms with Gasteiger partial charge in [-0.2, -0.15) is 0 Å². The number of anilines is 1. The van der Waals surface area contributed by atoms with Crippen LogP contribution in [0.25, 0.3) is 0 Å². The average molecular weight is 428 g/mol. The summed E-state index contributed by atoms with van der Waals surface area (Å²) < 4.78 is 16.5. The standard InChI is InChI=1S/C24H33N3O4/c1-5-18-7-6-8-20(15-18)25-22(28)17-27-13-11-26(12-14-27)16-19-9-10-21(29-2)24(31-4)23(19)30-3/h6-10,15H,5,11-14,16-17H2,1-4H3,(H,25,28). The van der Waals surface area contributed by atoms with E-state index in [2.05, 4.69) is 28.1 Å². The molecule has 1 aliphatic rings. The lowest BCUT2D eigenvalue weighted by molar-refractivity contribution is -0.117. The molecule has 0 unspecified atom stereocenters. The first-order valence-electron chi connectivity index (χ1n) is 10.7. The Hall–Kier alpha value is -2.77. The first-order chi connectivity index (χ1) is 15.1. The van der Waals surface area contributed by atoms with Crippen molar-refractivity contribution in [3.63, 3.8) is 0 Å². The van der Waals surface area contributed by atoms with Crippen LogP contribution in [0, 0.1) is 0 Å². The number of nitrogens with one attached hydrogen (secondary N) is 1. The Bertz CT molecular complexity index is 879. The molecule has 0 aliphatic carbocycles. The number of carbonyl (C=O) groups is 1. The fourth-order valence-electron chi connectivity index (χ4n) is 3.91. The smallest absolute Gasteiger partial charge is 0.238 e. The maximum atomic E-state index is 12.5. The normalized spacial score (nSPS) is 14.8. The van der Waals surface area contributed by atoms with Crippen molar-refractivity contribution in [2.45, 2.75) is 19.9 Å². The first kappa shape index (κ1) is 22.9. The molecule has 0 bridgehead atoms. The van der Waals surface area contributed by atoms with Gasteiger partial charge in [-0.3, -0.25) is 14.6 Å². The number of hydrogen-bond acceptors (Lipinski definition) is 6. The number of ether oxygens (including phenoxy) is 3. The number of carbonyl (C=O) groups excluding carboxylic acids is 1. The van der Waals surface area contributed by atoms with Gasteiger partial charge in [0.05, 0.1) is 27.9 Å². The van der Waals surface area contributed by atoms with Gasteiger partial charge in [0, 0.05) is 44.0 Å². The molecule has 7 heteroatoms. The summed E-state index contributed by atoms with van der Waals surface area (Å²) in [5, 5.41) is 3.02. The molecule has 1 heterocycles. The summed E-state index contributed by atoms with van der Waals surface area (Å²) in [5.41, 5.74) is 3.14. The Balaban J connectivity index is 1.52. The van der Waals surface area contributed by atoms with E-state index in [1.54, 1.807) is 21.3 Å². The molecule has 0 saturated carbocycles. The van der Waals surface area contributed by atoms with Crippen LogP contribution in [-0.2, 0) is 17.8 Å². The van der Waals surface area contributed by atoms with Crippen LogP contribution in [0.1, 0.15) is 18.1 Å². The third-order valence-corrected chi connectivity index (χ3v) is 5.63. The third kappa shape index (κ3) is 5.89. The maximum absolute atomic E-state index is 12.5. The van der Waals surface area contributed by atoms with Crippen molar-refractivity contribution in [1.29, 1.82) is 0 Å². The molecule has 168 valence electrons. The molecular weight excluding hydrogens is 394 g/mol. The Labute approximate surface area is 184 Å². The Morgan fingerprint density at radius 3 is 2.29 bits per heavy atom. The molecule has 1 fully saturated rings. The molecule has 1 aliphatic heterocycles. The van der Waals surface area contributed by atoms with Gasteiger partial charge in [0.15, 0.2) is 11.5 Å². The molecule has 0 atom stereocenters. The molecule has 2 aromatic carbocycles. The maximum Gasteiger partial charge on any atom is 0.238 e.